The highest BCUT2D eigenvalue weighted by molar-refractivity contribution is 6.32. The van der Waals surface area contributed by atoms with Crippen molar-refractivity contribution >= 4 is 23.1 Å². The van der Waals surface area contributed by atoms with E-state index in [4.69, 9.17) is 11.6 Å². The summed E-state index contributed by atoms with van der Waals surface area (Å²) in [6, 6.07) is 4.07. The molecule has 116 valence electrons. The maximum atomic E-state index is 11.6. The van der Waals surface area contributed by atoms with Crippen molar-refractivity contribution in [2.24, 2.45) is 0 Å². The topological polar surface area (TPSA) is 78.0 Å². The summed E-state index contributed by atoms with van der Waals surface area (Å²) in [4.78, 5) is 15.8. The van der Waals surface area contributed by atoms with Crippen LogP contribution in [0.3, 0.4) is 0 Å². The van der Waals surface area contributed by atoms with Gasteiger partial charge in [0.25, 0.3) is 5.56 Å². The van der Waals surface area contributed by atoms with Crippen LogP contribution < -0.4 is 15.4 Å². The quantitative estimate of drug-likeness (QED) is 0.919. The second-order valence-corrected chi connectivity index (χ2v) is 5.71. The van der Waals surface area contributed by atoms with Crippen molar-refractivity contribution in [1.82, 2.24) is 20.4 Å². The van der Waals surface area contributed by atoms with Gasteiger partial charge in [-0.3, -0.25) is 4.79 Å². The van der Waals surface area contributed by atoms with Gasteiger partial charge in [0.2, 0.25) is 0 Å². The van der Waals surface area contributed by atoms with Gasteiger partial charge in [-0.25, -0.2) is 5.10 Å². The standard InChI is InChI=1S/C14H17ClN6O/c1-20(11-8-17-19-14(22)13(11)15)10-4-3-7-21(9-10)12-5-2-6-16-18-12/h2,5-6,8,10H,3-4,7,9H2,1H3,(H,19,22). The second-order valence-electron chi connectivity index (χ2n) is 5.33. The van der Waals surface area contributed by atoms with Crippen LogP contribution in [0.2, 0.25) is 5.02 Å². The van der Waals surface area contributed by atoms with E-state index in [1.165, 1.54) is 0 Å². The zero-order valence-corrected chi connectivity index (χ0v) is 13.0. The van der Waals surface area contributed by atoms with E-state index in [0.29, 0.717) is 5.69 Å². The van der Waals surface area contributed by atoms with E-state index in [9.17, 15) is 4.79 Å². The molecule has 1 N–H and O–H groups in total. The SMILES string of the molecule is CN(c1cn[nH]c(=O)c1Cl)C1CCCN(c2cccnn2)C1. The van der Waals surface area contributed by atoms with Crippen LogP contribution in [-0.2, 0) is 0 Å². The number of nitrogens with zero attached hydrogens (tertiary/aromatic N) is 5. The van der Waals surface area contributed by atoms with Gasteiger partial charge >= 0.3 is 0 Å². The molecular weight excluding hydrogens is 304 g/mol. The number of nitrogens with one attached hydrogen (secondary N) is 1. The van der Waals surface area contributed by atoms with Crippen LogP contribution in [0.4, 0.5) is 11.5 Å². The Morgan fingerprint density at radius 3 is 3.14 bits per heavy atom. The molecule has 2 aromatic rings. The second kappa shape index (κ2) is 6.31. The van der Waals surface area contributed by atoms with Gasteiger partial charge in [0.15, 0.2) is 5.82 Å². The van der Waals surface area contributed by atoms with Gasteiger partial charge in [-0.15, -0.1) is 5.10 Å². The number of rotatable bonds is 3. The molecule has 1 saturated heterocycles. The first kappa shape index (κ1) is 14.8. The lowest BCUT2D eigenvalue weighted by molar-refractivity contribution is 0.484. The zero-order chi connectivity index (χ0) is 15.5. The van der Waals surface area contributed by atoms with Crippen molar-refractivity contribution in [1.29, 1.82) is 0 Å². The Labute approximate surface area is 132 Å². The lowest BCUT2D eigenvalue weighted by Gasteiger charge is -2.39. The highest BCUT2D eigenvalue weighted by Gasteiger charge is 2.26. The third kappa shape index (κ3) is 2.89. The fourth-order valence-corrected chi connectivity index (χ4v) is 2.98. The minimum atomic E-state index is -0.368. The summed E-state index contributed by atoms with van der Waals surface area (Å²) < 4.78 is 0. The molecule has 1 aliphatic rings. The molecule has 2 aromatic heterocycles. The number of H-pyrrole nitrogens is 1. The van der Waals surface area contributed by atoms with E-state index in [2.05, 4.69) is 25.3 Å². The average Bonchev–Trinajstić information content (AvgIpc) is 2.58. The Bertz CT molecular complexity index is 691. The number of hydrogen-bond donors (Lipinski definition) is 1. The first-order valence-electron chi connectivity index (χ1n) is 7.15. The summed E-state index contributed by atoms with van der Waals surface area (Å²) in [5, 5.41) is 14.4. The third-order valence-corrected chi connectivity index (χ3v) is 4.35. The zero-order valence-electron chi connectivity index (χ0n) is 12.2. The molecule has 3 heterocycles. The lowest BCUT2D eigenvalue weighted by atomic mass is 10.0. The van der Waals surface area contributed by atoms with Crippen molar-refractivity contribution in [3.05, 3.63) is 39.9 Å². The maximum Gasteiger partial charge on any atom is 0.285 e. The molecule has 0 aliphatic carbocycles. The predicted molar refractivity (Wildman–Crippen MR) is 85.5 cm³/mol. The van der Waals surface area contributed by atoms with Crippen LogP contribution in [-0.4, -0.2) is 46.6 Å². The van der Waals surface area contributed by atoms with E-state index in [0.717, 1.165) is 31.7 Å². The molecule has 22 heavy (non-hydrogen) atoms. The molecule has 8 heteroatoms. The normalized spacial score (nSPS) is 18.3. The van der Waals surface area contributed by atoms with Gasteiger partial charge < -0.3 is 9.80 Å². The Morgan fingerprint density at radius 1 is 1.50 bits per heavy atom. The van der Waals surface area contributed by atoms with Crippen molar-refractivity contribution in [3.8, 4) is 0 Å². The lowest BCUT2D eigenvalue weighted by Crippen LogP contribution is -2.47. The molecule has 3 rings (SSSR count). The van der Waals surface area contributed by atoms with Gasteiger partial charge in [0.05, 0.1) is 11.9 Å². The molecule has 0 aromatic carbocycles. The van der Waals surface area contributed by atoms with Crippen LogP contribution in [0.5, 0.6) is 0 Å². The van der Waals surface area contributed by atoms with Gasteiger partial charge in [-0.1, -0.05) is 11.6 Å². The first-order valence-corrected chi connectivity index (χ1v) is 7.53. The van der Waals surface area contributed by atoms with Crippen molar-refractivity contribution in [2.75, 3.05) is 29.9 Å². The number of piperidine rings is 1. The first-order chi connectivity index (χ1) is 10.7. The van der Waals surface area contributed by atoms with E-state index >= 15 is 0 Å². The predicted octanol–water partition coefficient (Wildman–Crippen LogP) is 1.32. The Morgan fingerprint density at radius 2 is 2.36 bits per heavy atom. The van der Waals surface area contributed by atoms with Crippen LogP contribution in [0.25, 0.3) is 0 Å². The van der Waals surface area contributed by atoms with E-state index < -0.39 is 0 Å². The molecule has 1 atom stereocenters. The fourth-order valence-electron chi connectivity index (χ4n) is 2.76. The van der Waals surface area contributed by atoms with E-state index in [-0.39, 0.29) is 16.6 Å². The molecule has 1 unspecified atom stereocenters. The Kier molecular flexibility index (Phi) is 4.24. The summed E-state index contributed by atoms with van der Waals surface area (Å²) in [5.74, 6) is 0.871. The number of hydrogen-bond acceptors (Lipinski definition) is 6. The van der Waals surface area contributed by atoms with Crippen molar-refractivity contribution < 1.29 is 0 Å². The van der Waals surface area contributed by atoms with Gasteiger partial charge in [0.1, 0.15) is 5.02 Å². The van der Waals surface area contributed by atoms with Gasteiger partial charge in [-0.05, 0) is 25.0 Å². The van der Waals surface area contributed by atoms with Crippen LogP contribution in [0.15, 0.2) is 29.3 Å². The van der Waals surface area contributed by atoms with Gasteiger partial charge in [0, 0.05) is 32.4 Å². The van der Waals surface area contributed by atoms with Crippen molar-refractivity contribution in [2.45, 2.75) is 18.9 Å². The third-order valence-electron chi connectivity index (χ3n) is 3.98. The van der Waals surface area contributed by atoms with Crippen molar-refractivity contribution in [3.63, 3.8) is 0 Å². The smallest absolute Gasteiger partial charge is 0.285 e. The Hall–Kier alpha value is -2.15. The minimum absolute atomic E-state index is 0.175. The highest BCUT2D eigenvalue weighted by Crippen LogP contribution is 2.26. The average molecular weight is 321 g/mol. The molecule has 0 spiro atoms. The minimum Gasteiger partial charge on any atom is -0.367 e. The highest BCUT2D eigenvalue weighted by atomic mass is 35.5. The number of aromatic amines is 1. The summed E-state index contributed by atoms with van der Waals surface area (Å²) in [6.45, 7) is 1.75. The fraction of sp³-hybridized carbons (Fsp3) is 0.429. The molecule has 0 bridgehead atoms. The van der Waals surface area contributed by atoms with Crippen LogP contribution in [0.1, 0.15) is 12.8 Å². The summed E-state index contributed by atoms with van der Waals surface area (Å²) >= 11 is 6.10. The number of aromatic nitrogens is 4. The van der Waals surface area contributed by atoms with Gasteiger partial charge in [-0.2, -0.15) is 10.2 Å². The summed E-state index contributed by atoms with van der Waals surface area (Å²) in [5.41, 5.74) is 0.282. The van der Waals surface area contributed by atoms with Crippen LogP contribution >= 0.6 is 11.6 Å². The maximum absolute atomic E-state index is 11.6. The Balaban J connectivity index is 1.80. The molecule has 1 fully saturated rings. The number of likely N-dealkylation sites (N-methyl/N-ethyl adjacent to an activating group) is 1. The summed E-state index contributed by atoms with van der Waals surface area (Å²) in [6.07, 6.45) is 5.32. The van der Waals surface area contributed by atoms with E-state index in [1.54, 1.807) is 12.4 Å². The molecular formula is C14H17ClN6O. The monoisotopic (exact) mass is 320 g/mol. The largest absolute Gasteiger partial charge is 0.367 e. The molecule has 0 saturated carbocycles. The molecule has 7 nitrogen and oxygen atoms in total. The number of halogens is 1. The van der Waals surface area contributed by atoms with E-state index in [1.807, 2.05) is 24.1 Å². The molecule has 0 radical (unpaired) electrons. The number of anilines is 2. The molecule has 1 aliphatic heterocycles. The summed E-state index contributed by atoms with van der Waals surface area (Å²) in [7, 11) is 1.94. The molecule has 0 amide bonds. The van der Waals surface area contributed by atoms with Crippen LogP contribution in [0, 0.1) is 0 Å².